The number of hydrogen-bond acceptors (Lipinski definition) is 3. The van der Waals surface area contributed by atoms with Crippen LogP contribution in [0.5, 0.6) is 0 Å². The quantitative estimate of drug-likeness (QED) is 0.855. The van der Waals surface area contributed by atoms with E-state index >= 15 is 0 Å². The molecule has 0 spiro atoms. The minimum absolute atomic E-state index is 0.647. The number of hydrogen-bond donors (Lipinski definition) is 1. The van der Waals surface area contributed by atoms with E-state index in [1.165, 1.54) is 18.4 Å². The molecule has 0 aliphatic carbocycles. The van der Waals surface area contributed by atoms with Gasteiger partial charge in [-0.05, 0) is 44.3 Å². The SMILES string of the molecule is NCCCN(Cc1ccccc1)C1CCCOCC1. The van der Waals surface area contributed by atoms with E-state index in [-0.39, 0.29) is 0 Å². The standard InChI is InChI=1S/C16H26N2O/c17-10-5-11-18(14-15-6-2-1-3-7-15)16-8-4-12-19-13-9-16/h1-3,6-7,16H,4-5,8-14,17H2. The highest BCUT2D eigenvalue weighted by molar-refractivity contribution is 5.14. The van der Waals surface area contributed by atoms with Gasteiger partial charge in [-0.3, -0.25) is 4.90 Å². The fourth-order valence-electron chi connectivity index (χ4n) is 2.75. The van der Waals surface area contributed by atoms with Crippen molar-refractivity contribution in [3.05, 3.63) is 35.9 Å². The zero-order chi connectivity index (χ0) is 13.3. The van der Waals surface area contributed by atoms with Crippen LogP contribution in [0.4, 0.5) is 0 Å². The summed E-state index contributed by atoms with van der Waals surface area (Å²) in [6, 6.07) is 11.4. The van der Waals surface area contributed by atoms with E-state index in [2.05, 4.69) is 35.2 Å². The molecule has 1 aromatic rings. The third-order valence-corrected chi connectivity index (χ3v) is 3.82. The van der Waals surface area contributed by atoms with Gasteiger partial charge >= 0.3 is 0 Å². The summed E-state index contributed by atoms with van der Waals surface area (Å²) in [7, 11) is 0. The first-order chi connectivity index (χ1) is 9.40. The molecule has 0 aromatic heterocycles. The molecule has 106 valence electrons. The maximum absolute atomic E-state index is 5.68. The zero-order valence-corrected chi connectivity index (χ0v) is 11.8. The van der Waals surface area contributed by atoms with Gasteiger partial charge in [0.15, 0.2) is 0 Å². The van der Waals surface area contributed by atoms with E-state index in [9.17, 15) is 0 Å². The Morgan fingerprint density at radius 3 is 2.79 bits per heavy atom. The highest BCUT2D eigenvalue weighted by Crippen LogP contribution is 2.18. The molecule has 0 amide bonds. The van der Waals surface area contributed by atoms with Crippen LogP contribution in [-0.4, -0.2) is 37.2 Å². The Kier molecular flexibility index (Phi) is 6.34. The Balaban J connectivity index is 1.97. The first-order valence-electron chi connectivity index (χ1n) is 7.46. The minimum Gasteiger partial charge on any atom is -0.381 e. The van der Waals surface area contributed by atoms with Crippen molar-refractivity contribution in [2.24, 2.45) is 5.73 Å². The molecule has 1 atom stereocenters. The van der Waals surface area contributed by atoms with Crippen molar-refractivity contribution < 1.29 is 4.74 Å². The number of nitrogens with zero attached hydrogens (tertiary/aromatic N) is 1. The van der Waals surface area contributed by atoms with Crippen LogP contribution >= 0.6 is 0 Å². The third kappa shape index (κ3) is 4.94. The summed E-state index contributed by atoms with van der Waals surface area (Å²) < 4.78 is 5.58. The second-order valence-electron chi connectivity index (χ2n) is 5.30. The van der Waals surface area contributed by atoms with Gasteiger partial charge in [0.05, 0.1) is 0 Å². The average molecular weight is 262 g/mol. The van der Waals surface area contributed by atoms with Gasteiger partial charge in [-0.15, -0.1) is 0 Å². The predicted molar refractivity (Wildman–Crippen MR) is 79.0 cm³/mol. The maximum Gasteiger partial charge on any atom is 0.0480 e. The van der Waals surface area contributed by atoms with Crippen molar-refractivity contribution in [2.45, 2.75) is 38.3 Å². The Bertz CT molecular complexity index is 334. The van der Waals surface area contributed by atoms with Gasteiger partial charge in [-0.1, -0.05) is 30.3 Å². The van der Waals surface area contributed by atoms with Crippen molar-refractivity contribution >= 4 is 0 Å². The number of ether oxygens (including phenoxy) is 1. The molecule has 1 unspecified atom stereocenters. The summed E-state index contributed by atoms with van der Waals surface area (Å²) in [5, 5.41) is 0. The fraction of sp³-hybridized carbons (Fsp3) is 0.625. The van der Waals surface area contributed by atoms with Crippen molar-refractivity contribution in [1.82, 2.24) is 4.90 Å². The van der Waals surface area contributed by atoms with Crippen LogP contribution in [0.15, 0.2) is 30.3 Å². The third-order valence-electron chi connectivity index (χ3n) is 3.82. The van der Waals surface area contributed by atoms with E-state index in [0.29, 0.717) is 6.04 Å². The van der Waals surface area contributed by atoms with Crippen LogP contribution in [0.2, 0.25) is 0 Å². The lowest BCUT2D eigenvalue weighted by molar-refractivity contribution is 0.126. The first kappa shape index (κ1) is 14.5. The van der Waals surface area contributed by atoms with Crippen LogP contribution in [0.25, 0.3) is 0 Å². The van der Waals surface area contributed by atoms with Crippen molar-refractivity contribution in [3.8, 4) is 0 Å². The molecule has 2 rings (SSSR count). The number of rotatable bonds is 6. The topological polar surface area (TPSA) is 38.5 Å². The highest BCUT2D eigenvalue weighted by Gasteiger charge is 2.20. The molecule has 0 saturated carbocycles. The summed E-state index contributed by atoms with van der Waals surface area (Å²) in [5.74, 6) is 0. The number of benzene rings is 1. The fourth-order valence-corrected chi connectivity index (χ4v) is 2.75. The van der Waals surface area contributed by atoms with Gasteiger partial charge in [-0.25, -0.2) is 0 Å². The largest absolute Gasteiger partial charge is 0.381 e. The predicted octanol–water partition coefficient (Wildman–Crippen LogP) is 2.41. The molecule has 0 bridgehead atoms. The molecule has 2 N–H and O–H groups in total. The van der Waals surface area contributed by atoms with Gasteiger partial charge < -0.3 is 10.5 Å². The first-order valence-corrected chi connectivity index (χ1v) is 7.46. The molecule has 3 heteroatoms. The van der Waals surface area contributed by atoms with Gasteiger partial charge in [0.2, 0.25) is 0 Å². The smallest absolute Gasteiger partial charge is 0.0480 e. The summed E-state index contributed by atoms with van der Waals surface area (Å²) in [4.78, 5) is 2.59. The van der Waals surface area contributed by atoms with E-state index in [0.717, 1.165) is 45.7 Å². The maximum atomic E-state index is 5.68. The molecule has 1 heterocycles. The Labute approximate surface area is 116 Å². The van der Waals surface area contributed by atoms with Gasteiger partial charge in [-0.2, -0.15) is 0 Å². The number of nitrogens with two attached hydrogens (primary N) is 1. The van der Waals surface area contributed by atoms with Crippen molar-refractivity contribution in [3.63, 3.8) is 0 Å². The normalized spacial score (nSPS) is 20.4. The Morgan fingerprint density at radius 1 is 1.16 bits per heavy atom. The molecule has 3 nitrogen and oxygen atoms in total. The van der Waals surface area contributed by atoms with Crippen LogP contribution in [0.1, 0.15) is 31.2 Å². The molecule has 1 aliphatic rings. The molecule has 0 radical (unpaired) electrons. The Hall–Kier alpha value is -0.900. The summed E-state index contributed by atoms with van der Waals surface area (Å²) in [5.41, 5.74) is 7.07. The molecule has 19 heavy (non-hydrogen) atoms. The minimum atomic E-state index is 0.647. The van der Waals surface area contributed by atoms with Gasteiger partial charge in [0.1, 0.15) is 0 Å². The van der Waals surface area contributed by atoms with Crippen molar-refractivity contribution in [2.75, 3.05) is 26.3 Å². The van der Waals surface area contributed by atoms with E-state index in [1.54, 1.807) is 0 Å². The van der Waals surface area contributed by atoms with E-state index < -0.39 is 0 Å². The zero-order valence-electron chi connectivity index (χ0n) is 11.8. The molecule has 1 fully saturated rings. The molecular weight excluding hydrogens is 236 g/mol. The lowest BCUT2D eigenvalue weighted by atomic mass is 10.1. The molecule has 1 aliphatic heterocycles. The Morgan fingerprint density at radius 2 is 2.00 bits per heavy atom. The molecule has 1 saturated heterocycles. The van der Waals surface area contributed by atoms with Crippen LogP contribution in [0.3, 0.4) is 0 Å². The van der Waals surface area contributed by atoms with Gasteiger partial charge in [0.25, 0.3) is 0 Å². The van der Waals surface area contributed by atoms with Crippen LogP contribution in [-0.2, 0) is 11.3 Å². The van der Waals surface area contributed by atoms with Crippen LogP contribution < -0.4 is 5.73 Å². The second kappa shape index (κ2) is 8.31. The lowest BCUT2D eigenvalue weighted by Gasteiger charge is -2.31. The van der Waals surface area contributed by atoms with E-state index in [1.807, 2.05) is 0 Å². The monoisotopic (exact) mass is 262 g/mol. The van der Waals surface area contributed by atoms with Crippen molar-refractivity contribution in [1.29, 1.82) is 0 Å². The highest BCUT2D eigenvalue weighted by atomic mass is 16.5. The summed E-state index contributed by atoms with van der Waals surface area (Å²) in [6.07, 6.45) is 4.65. The average Bonchev–Trinajstić information content (AvgIpc) is 2.73. The van der Waals surface area contributed by atoms with E-state index in [4.69, 9.17) is 10.5 Å². The van der Waals surface area contributed by atoms with Gasteiger partial charge in [0, 0.05) is 25.8 Å². The summed E-state index contributed by atoms with van der Waals surface area (Å²) in [6.45, 7) is 4.72. The molecule has 1 aromatic carbocycles. The summed E-state index contributed by atoms with van der Waals surface area (Å²) >= 11 is 0. The lowest BCUT2D eigenvalue weighted by Crippen LogP contribution is -2.36. The molecular formula is C16H26N2O. The second-order valence-corrected chi connectivity index (χ2v) is 5.30. The van der Waals surface area contributed by atoms with Crippen LogP contribution in [0, 0.1) is 0 Å².